The zero-order valence-electron chi connectivity index (χ0n) is 16.3. The molecule has 0 saturated heterocycles. The Labute approximate surface area is 161 Å². The molecule has 0 aliphatic carbocycles. The monoisotopic (exact) mass is 368 g/mol. The zero-order chi connectivity index (χ0) is 19.5. The van der Waals surface area contributed by atoms with E-state index in [0.29, 0.717) is 17.9 Å². The zero-order valence-corrected chi connectivity index (χ0v) is 16.3. The highest BCUT2D eigenvalue weighted by atomic mass is 16.5. The third-order valence-electron chi connectivity index (χ3n) is 4.14. The van der Waals surface area contributed by atoms with Crippen LogP contribution in [0.4, 0.5) is 0 Å². The van der Waals surface area contributed by atoms with Crippen molar-refractivity contribution in [1.82, 2.24) is 5.43 Å². The number of benzene rings is 2. The molecule has 0 aliphatic rings. The number of aryl methyl sites for hydroxylation is 1. The summed E-state index contributed by atoms with van der Waals surface area (Å²) in [6, 6.07) is 12.9. The quantitative estimate of drug-likeness (QED) is 0.375. The number of carbonyl (C=O) groups excluding carboxylic acids is 1. The van der Waals surface area contributed by atoms with Gasteiger partial charge in [-0.1, -0.05) is 43.9 Å². The molecule has 5 heteroatoms. The van der Waals surface area contributed by atoms with E-state index in [1.807, 2.05) is 37.3 Å². The molecule has 2 aromatic rings. The van der Waals surface area contributed by atoms with Crippen molar-refractivity contribution in [3.05, 3.63) is 59.2 Å². The summed E-state index contributed by atoms with van der Waals surface area (Å²) >= 11 is 0. The number of ether oxygens (including phenoxy) is 2. The van der Waals surface area contributed by atoms with Crippen molar-refractivity contribution in [2.75, 3.05) is 13.7 Å². The third kappa shape index (κ3) is 6.77. The van der Waals surface area contributed by atoms with E-state index in [9.17, 15) is 4.79 Å². The van der Waals surface area contributed by atoms with E-state index in [-0.39, 0.29) is 5.91 Å². The first-order valence-corrected chi connectivity index (χ1v) is 9.35. The fourth-order valence-electron chi connectivity index (χ4n) is 2.53. The van der Waals surface area contributed by atoms with Crippen molar-refractivity contribution < 1.29 is 14.3 Å². The molecule has 0 radical (unpaired) electrons. The number of carbonyl (C=O) groups is 1. The van der Waals surface area contributed by atoms with E-state index >= 15 is 0 Å². The van der Waals surface area contributed by atoms with Gasteiger partial charge in [-0.25, -0.2) is 5.43 Å². The Morgan fingerprint density at radius 1 is 1.07 bits per heavy atom. The lowest BCUT2D eigenvalue weighted by Crippen LogP contribution is -2.17. The van der Waals surface area contributed by atoms with E-state index in [1.54, 1.807) is 25.5 Å². The molecule has 0 aliphatic heterocycles. The smallest absolute Gasteiger partial charge is 0.271 e. The molecule has 1 N–H and O–H groups in total. The van der Waals surface area contributed by atoms with Gasteiger partial charge >= 0.3 is 0 Å². The average Bonchev–Trinajstić information content (AvgIpc) is 2.69. The van der Waals surface area contributed by atoms with Crippen LogP contribution in [0, 0.1) is 6.92 Å². The summed E-state index contributed by atoms with van der Waals surface area (Å²) in [5, 5.41) is 4.02. The second kappa shape index (κ2) is 11.0. The fourth-order valence-corrected chi connectivity index (χ4v) is 2.53. The van der Waals surface area contributed by atoms with Crippen LogP contribution in [0.1, 0.15) is 54.1 Å². The molecule has 0 atom stereocenters. The van der Waals surface area contributed by atoms with E-state index in [2.05, 4.69) is 17.5 Å². The topological polar surface area (TPSA) is 59.9 Å². The molecule has 2 aromatic carbocycles. The second-order valence-corrected chi connectivity index (χ2v) is 6.38. The van der Waals surface area contributed by atoms with Crippen molar-refractivity contribution in [1.29, 1.82) is 0 Å². The molecule has 0 heterocycles. The van der Waals surface area contributed by atoms with Crippen LogP contribution in [-0.4, -0.2) is 25.8 Å². The van der Waals surface area contributed by atoms with E-state index in [0.717, 1.165) is 23.3 Å². The summed E-state index contributed by atoms with van der Waals surface area (Å²) < 4.78 is 11.2. The van der Waals surface area contributed by atoms with Crippen LogP contribution >= 0.6 is 0 Å². The van der Waals surface area contributed by atoms with Crippen molar-refractivity contribution in [2.45, 2.75) is 39.5 Å². The Bertz CT molecular complexity index is 755. The molecular weight excluding hydrogens is 340 g/mol. The van der Waals surface area contributed by atoms with E-state index in [4.69, 9.17) is 9.47 Å². The summed E-state index contributed by atoms with van der Waals surface area (Å²) in [4.78, 5) is 12.0. The number of nitrogens with zero attached hydrogens (tertiary/aromatic N) is 1. The molecule has 0 bridgehead atoms. The normalized spacial score (nSPS) is 10.8. The summed E-state index contributed by atoms with van der Waals surface area (Å²) in [5.74, 6) is 1.12. The summed E-state index contributed by atoms with van der Waals surface area (Å²) in [5.41, 5.74) is 5.02. The van der Waals surface area contributed by atoms with Crippen LogP contribution in [0.25, 0.3) is 0 Å². The number of nitrogens with one attached hydrogen (secondary N) is 1. The maximum absolute atomic E-state index is 12.0. The number of methoxy groups -OCH3 is 1. The number of amides is 1. The standard InChI is InChI=1S/C22H28N2O3/c1-4-5-6-7-14-27-20-13-10-18(15-21(20)26-3)16-23-24-22(25)19-11-8-17(2)9-12-19/h8-13,15-16H,4-7,14H2,1-3H3,(H,24,25)/b23-16-. The Balaban J connectivity index is 1.91. The Kier molecular flexibility index (Phi) is 8.36. The Morgan fingerprint density at radius 2 is 1.85 bits per heavy atom. The molecule has 5 nitrogen and oxygen atoms in total. The number of rotatable bonds is 10. The SMILES string of the molecule is CCCCCCOc1ccc(/C=N\NC(=O)c2ccc(C)cc2)cc1OC. The highest BCUT2D eigenvalue weighted by Crippen LogP contribution is 2.27. The van der Waals surface area contributed by atoms with Gasteiger partial charge in [0.1, 0.15) is 0 Å². The maximum atomic E-state index is 12.0. The number of hydrogen-bond donors (Lipinski definition) is 1. The average molecular weight is 368 g/mol. The third-order valence-corrected chi connectivity index (χ3v) is 4.14. The predicted octanol–water partition coefficient (Wildman–Crippen LogP) is 4.73. The van der Waals surface area contributed by atoms with Gasteiger partial charge < -0.3 is 9.47 Å². The lowest BCUT2D eigenvalue weighted by Gasteiger charge is -2.11. The molecule has 0 unspecified atom stereocenters. The van der Waals surface area contributed by atoms with Crippen LogP contribution in [0.2, 0.25) is 0 Å². The minimum Gasteiger partial charge on any atom is -0.493 e. The second-order valence-electron chi connectivity index (χ2n) is 6.38. The van der Waals surface area contributed by atoms with Crippen molar-refractivity contribution in [2.24, 2.45) is 5.10 Å². The van der Waals surface area contributed by atoms with Gasteiger partial charge in [0.2, 0.25) is 0 Å². The van der Waals surface area contributed by atoms with Gasteiger partial charge in [-0.15, -0.1) is 0 Å². The van der Waals surface area contributed by atoms with Gasteiger partial charge in [0.15, 0.2) is 11.5 Å². The summed E-state index contributed by atoms with van der Waals surface area (Å²) in [7, 11) is 1.61. The molecule has 2 rings (SSSR count). The van der Waals surface area contributed by atoms with E-state index in [1.165, 1.54) is 19.3 Å². The maximum Gasteiger partial charge on any atom is 0.271 e. The number of hydrazone groups is 1. The number of unbranched alkanes of at least 4 members (excludes halogenated alkanes) is 3. The lowest BCUT2D eigenvalue weighted by atomic mass is 10.1. The first kappa shape index (κ1) is 20.5. The van der Waals surface area contributed by atoms with Gasteiger partial charge in [-0.2, -0.15) is 5.10 Å². The minimum atomic E-state index is -0.245. The Hall–Kier alpha value is -2.82. The lowest BCUT2D eigenvalue weighted by molar-refractivity contribution is 0.0955. The molecule has 0 spiro atoms. The first-order chi connectivity index (χ1) is 13.1. The van der Waals surface area contributed by atoms with Crippen LogP contribution in [0.5, 0.6) is 11.5 Å². The molecular formula is C22H28N2O3. The van der Waals surface area contributed by atoms with Crippen LogP contribution in [0.15, 0.2) is 47.6 Å². The van der Waals surface area contributed by atoms with Gasteiger partial charge in [-0.3, -0.25) is 4.79 Å². The van der Waals surface area contributed by atoms with Crippen LogP contribution < -0.4 is 14.9 Å². The first-order valence-electron chi connectivity index (χ1n) is 9.35. The fraction of sp³-hybridized carbons (Fsp3) is 0.364. The molecule has 0 saturated carbocycles. The summed E-state index contributed by atoms with van der Waals surface area (Å²) in [6.07, 6.45) is 6.22. The predicted molar refractivity (Wildman–Crippen MR) is 109 cm³/mol. The molecule has 27 heavy (non-hydrogen) atoms. The molecule has 0 aromatic heterocycles. The minimum absolute atomic E-state index is 0.245. The van der Waals surface area contributed by atoms with Crippen molar-refractivity contribution in [3.63, 3.8) is 0 Å². The van der Waals surface area contributed by atoms with Gasteiger partial charge in [0, 0.05) is 5.56 Å². The summed E-state index contributed by atoms with van der Waals surface area (Å²) in [6.45, 7) is 4.84. The van der Waals surface area contributed by atoms with Crippen molar-refractivity contribution in [3.8, 4) is 11.5 Å². The van der Waals surface area contributed by atoms with Crippen LogP contribution in [-0.2, 0) is 0 Å². The molecule has 1 amide bonds. The highest BCUT2D eigenvalue weighted by molar-refractivity contribution is 5.94. The molecule has 0 fully saturated rings. The number of hydrogen-bond acceptors (Lipinski definition) is 4. The van der Waals surface area contributed by atoms with Gasteiger partial charge in [0.25, 0.3) is 5.91 Å². The van der Waals surface area contributed by atoms with E-state index < -0.39 is 0 Å². The Morgan fingerprint density at radius 3 is 2.56 bits per heavy atom. The largest absolute Gasteiger partial charge is 0.493 e. The van der Waals surface area contributed by atoms with Gasteiger partial charge in [0.05, 0.1) is 19.9 Å². The van der Waals surface area contributed by atoms with Gasteiger partial charge in [-0.05, 0) is 49.2 Å². The van der Waals surface area contributed by atoms with Crippen LogP contribution in [0.3, 0.4) is 0 Å². The highest BCUT2D eigenvalue weighted by Gasteiger charge is 2.06. The molecule has 144 valence electrons. The van der Waals surface area contributed by atoms with Crippen molar-refractivity contribution >= 4 is 12.1 Å².